The lowest BCUT2D eigenvalue weighted by molar-refractivity contribution is -0.146. The molecular weight excluding hydrogens is 863 g/mol. The van der Waals surface area contributed by atoms with Crippen LogP contribution in [-0.4, -0.2) is 158 Å². The Labute approximate surface area is 399 Å². The van der Waals surface area contributed by atoms with Gasteiger partial charge in [0.25, 0.3) is 5.91 Å². The molecule has 4 rings (SSSR count). The predicted octanol–water partition coefficient (Wildman–Crippen LogP) is 4.98. The number of likely N-dealkylation sites (N-methyl/N-ethyl adjacent to an activating group) is 2. The summed E-state index contributed by atoms with van der Waals surface area (Å²) in [5, 5.41) is 15.6. The summed E-state index contributed by atoms with van der Waals surface area (Å²) in [7, 11) is 8.44. The summed E-state index contributed by atoms with van der Waals surface area (Å²) in [6.07, 6.45) is 5.51. The quantitative estimate of drug-likeness (QED) is 0.102. The van der Waals surface area contributed by atoms with E-state index in [0.717, 1.165) is 36.9 Å². The number of carboxylic acid groups (broad SMARTS) is 1. The minimum absolute atomic E-state index is 0.000635. The number of hydrogen-bond acceptors (Lipinski definition) is 11. The van der Waals surface area contributed by atoms with Gasteiger partial charge in [-0.1, -0.05) is 73.4 Å². The Balaban J connectivity index is 0.00000375. The lowest BCUT2D eigenvalue weighted by Gasteiger charge is -2.39. The Kier molecular flexibility index (Phi) is 23.7. The molecule has 5 amide bonds. The van der Waals surface area contributed by atoms with Gasteiger partial charge in [-0.15, -0.1) is 0 Å². The number of piperidine rings is 1. The van der Waals surface area contributed by atoms with Gasteiger partial charge >= 0.3 is 5.97 Å². The van der Waals surface area contributed by atoms with Crippen molar-refractivity contribution in [3.05, 3.63) is 29.8 Å². The molecule has 3 fully saturated rings. The maximum Gasteiger partial charge on any atom is 0.306 e. The van der Waals surface area contributed by atoms with Crippen LogP contribution in [0.25, 0.3) is 0 Å². The Morgan fingerprint density at radius 3 is 1.98 bits per heavy atom. The SMILES string of the molecule is CCC.CCC(C)C(C(CC(=O)N1CCCC1C(OC)C(C)C(=O)NC(Cc1ccc(N2CCC(C(=O)O)CC2)cc1)C(=O)NSC1CC1)OC)N(C)C(=O)CNC(=O)C(C(C)C)N(C)C. The van der Waals surface area contributed by atoms with Crippen LogP contribution in [0.1, 0.15) is 112 Å². The average Bonchev–Trinajstić information content (AvgIpc) is 4.00. The summed E-state index contributed by atoms with van der Waals surface area (Å²) in [4.78, 5) is 87.4. The standard InChI is InChI=1S/C46H75N7O9S.C3H8/c1-11-29(4)41(51(8)39(55)27-47-45(58)40(28(2)3)50(6)7)37(61-9)26-38(54)53-22-12-13-36(53)42(62-10)30(5)43(56)48-35(44(57)49-63-34-18-19-34)25-31-14-16-33(17-15-31)52-23-20-32(21-24-52)46(59)60;1-3-2/h14-17,28-30,32,34-37,40-42H,11-13,18-27H2,1-10H3,(H,47,58)(H,48,56)(H,49,57)(H,59,60);3H2,1-2H3. The van der Waals surface area contributed by atoms with E-state index in [2.05, 4.69) is 34.1 Å². The molecule has 0 bridgehead atoms. The second-order valence-electron chi connectivity index (χ2n) is 19.0. The molecule has 1 aromatic carbocycles. The normalized spacial score (nSPS) is 19.7. The van der Waals surface area contributed by atoms with Crippen molar-refractivity contribution in [1.29, 1.82) is 0 Å². The van der Waals surface area contributed by atoms with Crippen LogP contribution in [0.4, 0.5) is 5.69 Å². The lowest BCUT2D eigenvalue weighted by atomic mass is 9.90. The summed E-state index contributed by atoms with van der Waals surface area (Å²) < 4.78 is 15.0. The third kappa shape index (κ3) is 16.4. The molecule has 374 valence electrons. The van der Waals surface area contributed by atoms with E-state index in [1.165, 1.54) is 25.5 Å². The molecule has 16 nitrogen and oxygen atoms in total. The number of rotatable bonds is 24. The second-order valence-corrected chi connectivity index (χ2v) is 20.1. The van der Waals surface area contributed by atoms with Crippen LogP contribution < -0.4 is 20.3 Å². The van der Waals surface area contributed by atoms with E-state index in [9.17, 15) is 33.9 Å². The zero-order valence-electron chi connectivity index (χ0n) is 42.0. The van der Waals surface area contributed by atoms with Gasteiger partial charge in [0.1, 0.15) is 6.04 Å². The highest BCUT2D eigenvalue weighted by Gasteiger charge is 2.43. The number of ether oxygens (including phenoxy) is 2. The Morgan fingerprint density at radius 2 is 1.47 bits per heavy atom. The van der Waals surface area contributed by atoms with Crippen molar-refractivity contribution in [2.24, 2.45) is 23.7 Å². The molecular formula is C49H83N7O9S. The van der Waals surface area contributed by atoms with Crippen LogP contribution in [0.5, 0.6) is 0 Å². The van der Waals surface area contributed by atoms with Crippen molar-refractivity contribution in [3.8, 4) is 0 Å². The summed E-state index contributed by atoms with van der Waals surface area (Å²) in [5.74, 6) is -3.11. The number of hydrogen-bond donors (Lipinski definition) is 4. The van der Waals surface area contributed by atoms with E-state index in [4.69, 9.17) is 9.47 Å². The summed E-state index contributed by atoms with van der Waals surface area (Å²) >= 11 is 1.39. The average molecular weight is 946 g/mol. The number of carbonyl (C=O) groups is 6. The third-order valence-corrected chi connectivity index (χ3v) is 14.4. The number of aliphatic carboxylic acids is 1. The zero-order valence-corrected chi connectivity index (χ0v) is 42.8. The van der Waals surface area contributed by atoms with Gasteiger partial charge < -0.3 is 39.9 Å². The molecule has 2 saturated heterocycles. The van der Waals surface area contributed by atoms with Gasteiger partial charge in [0, 0.05) is 58.3 Å². The van der Waals surface area contributed by atoms with E-state index in [1.54, 1.807) is 30.9 Å². The number of anilines is 1. The van der Waals surface area contributed by atoms with Gasteiger partial charge in [-0.05, 0) is 94.1 Å². The summed E-state index contributed by atoms with van der Waals surface area (Å²) in [5.41, 5.74) is 1.85. The number of nitrogens with zero attached hydrogens (tertiary/aromatic N) is 4. The lowest BCUT2D eigenvalue weighted by Crippen LogP contribution is -2.55. The molecule has 8 unspecified atom stereocenters. The van der Waals surface area contributed by atoms with Crippen molar-refractivity contribution >= 4 is 53.1 Å². The number of likely N-dealkylation sites (tertiary alicyclic amines) is 1. The number of carbonyl (C=O) groups excluding carboxylic acids is 5. The maximum atomic E-state index is 14.3. The van der Waals surface area contributed by atoms with Gasteiger partial charge in [-0.25, -0.2) is 0 Å². The molecule has 66 heavy (non-hydrogen) atoms. The summed E-state index contributed by atoms with van der Waals surface area (Å²) in [6.45, 7) is 15.6. The van der Waals surface area contributed by atoms with Gasteiger partial charge in [-0.3, -0.25) is 38.4 Å². The molecule has 1 saturated carbocycles. The highest BCUT2D eigenvalue weighted by Crippen LogP contribution is 2.33. The van der Waals surface area contributed by atoms with Crippen LogP contribution in [0.2, 0.25) is 0 Å². The monoisotopic (exact) mass is 946 g/mol. The van der Waals surface area contributed by atoms with Crippen molar-refractivity contribution in [2.45, 2.75) is 154 Å². The van der Waals surface area contributed by atoms with E-state index in [0.29, 0.717) is 44.1 Å². The minimum atomic E-state index is -0.861. The fraction of sp³-hybridized carbons (Fsp3) is 0.755. The number of amides is 5. The van der Waals surface area contributed by atoms with E-state index < -0.39 is 42.2 Å². The first-order valence-electron chi connectivity index (χ1n) is 24.2. The van der Waals surface area contributed by atoms with Crippen molar-refractivity contribution in [1.82, 2.24) is 30.1 Å². The third-order valence-electron chi connectivity index (χ3n) is 13.2. The summed E-state index contributed by atoms with van der Waals surface area (Å²) in [6, 6.07) is 5.73. The molecule has 3 aliphatic rings. The van der Waals surface area contributed by atoms with Gasteiger partial charge in [0.05, 0.1) is 55.1 Å². The van der Waals surface area contributed by atoms with Gasteiger partial charge in [0.15, 0.2) is 0 Å². The first-order valence-corrected chi connectivity index (χ1v) is 25.1. The van der Waals surface area contributed by atoms with Crippen LogP contribution >= 0.6 is 11.9 Å². The fourth-order valence-electron chi connectivity index (χ4n) is 9.23. The van der Waals surface area contributed by atoms with E-state index in [1.807, 2.05) is 71.0 Å². The Bertz CT molecular complexity index is 1700. The van der Waals surface area contributed by atoms with Crippen LogP contribution in [0.3, 0.4) is 0 Å². The molecule has 4 N–H and O–H groups in total. The molecule has 1 aliphatic carbocycles. The van der Waals surface area contributed by atoms with Crippen molar-refractivity contribution < 1.29 is 43.3 Å². The Morgan fingerprint density at radius 1 is 0.848 bits per heavy atom. The molecule has 1 aromatic rings. The minimum Gasteiger partial charge on any atom is -0.481 e. The highest BCUT2D eigenvalue weighted by atomic mass is 32.2. The van der Waals surface area contributed by atoms with E-state index in [-0.39, 0.29) is 72.7 Å². The van der Waals surface area contributed by atoms with Crippen LogP contribution in [0.15, 0.2) is 24.3 Å². The molecule has 0 spiro atoms. The number of carboxylic acids is 1. The highest BCUT2D eigenvalue weighted by molar-refractivity contribution is 7.98. The molecule has 0 aromatic heterocycles. The molecule has 17 heteroatoms. The number of methoxy groups -OCH3 is 2. The second kappa shape index (κ2) is 27.8. The maximum absolute atomic E-state index is 14.3. The van der Waals surface area contributed by atoms with Crippen LogP contribution in [0, 0.1) is 23.7 Å². The molecule has 8 atom stereocenters. The topological polar surface area (TPSA) is 190 Å². The molecule has 2 aliphatic heterocycles. The Hall–Kier alpha value is -3.93. The molecule has 0 radical (unpaired) electrons. The zero-order chi connectivity index (χ0) is 49.2. The molecule has 2 heterocycles. The van der Waals surface area contributed by atoms with Gasteiger partial charge in [0.2, 0.25) is 23.6 Å². The first kappa shape index (κ1) is 56.4. The van der Waals surface area contributed by atoms with Crippen LogP contribution in [-0.2, 0) is 44.7 Å². The largest absolute Gasteiger partial charge is 0.481 e. The number of benzene rings is 1. The van der Waals surface area contributed by atoms with E-state index >= 15 is 0 Å². The first-order chi connectivity index (χ1) is 31.3. The van der Waals surface area contributed by atoms with Gasteiger partial charge in [-0.2, -0.15) is 0 Å². The smallest absolute Gasteiger partial charge is 0.306 e. The van der Waals surface area contributed by atoms with Crippen molar-refractivity contribution in [3.63, 3.8) is 0 Å². The predicted molar refractivity (Wildman–Crippen MR) is 261 cm³/mol. The fourth-order valence-corrected chi connectivity index (χ4v) is 10.0. The number of nitrogens with one attached hydrogen (secondary N) is 3. The van der Waals surface area contributed by atoms with Crippen molar-refractivity contribution in [2.75, 3.05) is 66.4 Å².